The molecule has 2 aromatic rings. The number of benzene rings is 1. The predicted molar refractivity (Wildman–Crippen MR) is 113 cm³/mol. The first-order valence-corrected chi connectivity index (χ1v) is 10.6. The molecule has 154 valence electrons. The third-order valence-corrected chi connectivity index (χ3v) is 6.22. The van der Waals surface area contributed by atoms with Gasteiger partial charge in [-0.05, 0) is 38.7 Å². The Bertz CT molecular complexity index is 901. The molecule has 1 N–H and O–H groups in total. The van der Waals surface area contributed by atoms with E-state index in [-0.39, 0.29) is 11.8 Å². The van der Waals surface area contributed by atoms with Crippen molar-refractivity contribution in [3.63, 3.8) is 0 Å². The van der Waals surface area contributed by atoms with Crippen LogP contribution in [-0.4, -0.2) is 35.8 Å². The van der Waals surface area contributed by atoms with Crippen molar-refractivity contribution in [1.82, 2.24) is 4.90 Å². The van der Waals surface area contributed by atoms with E-state index in [4.69, 9.17) is 4.74 Å². The van der Waals surface area contributed by atoms with Gasteiger partial charge in [0.25, 0.3) is 5.91 Å². The van der Waals surface area contributed by atoms with Gasteiger partial charge in [0.15, 0.2) is 0 Å². The van der Waals surface area contributed by atoms with Crippen molar-refractivity contribution in [2.45, 2.75) is 46.1 Å². The SMILES string of the molecule is CC(=O)Nc1sc(C)c(C)c1C(=O)O[C@H](C(=O)N1CCCCC1)c1ccccc1. The van der Waals surface area contributed by atoms with Gasteiger partial charge < -0.3 is 15.0 Å². The van der Waals surface area contributed by atoms with Crippen molar-refractivity contribution in [3.8, 4) is 0 Å². The van der Waals surface area contributed by atoms with Gasteiger partial charge in [0, 0.05) is 30.5 Å². The van der Waals surface area contributed by atoms with Gasteiger partial charge in [-0.3, -0.25) is 9.59 Å². The summed E-state index contributed by atoms with van der Waals surface area (Å²) in [5.41, 5.74) is 1.71. The lowest BCUT2D eigenvalue weighted by molar-refractivity contribution is -0.142. The monoisotopic (exact) mass is 414 g/mol. The highest BCUT2D eigenvalue weighted by Crippen LogP contribution is 2.34. The number of thiophene rings is 1. The van der Waals surface area contributed by atoms with E-state index in [1.807, 2.05) is 32.0 Å². The largest absolute Gasteiger partial charge is 0.444 e. The van der Waals surface area contributed by atoms with Crippen molar-refractivity contribution in [2.24, 2.45) is 0 Å². The fraction of sp³-hybridized carbons (Fsp3) is 0.409. The second-order valence-electron chi connectivity index (χ2n) is 7.25. The summed E-state index contributed by atoms with van der Waals surface area (Å²) < 4.78 is 5.78. The molecule has 1 saturated heterocycles. The molecule has 1 aliphatic rings. The summed E-state index contributed by atoms with van der Waals surface area (Å²) in [5, 5.41) is 3.16. The molecule has 0 spiro atoms. The first-order valence-electron chi connectivity index (χ1n) is 9.80. The van der Waals surface area contributed by atoms with Gasteiger partial charge in [-0.2, -0.15) is 0 Å². The average Bonchev–Trinajstić information content (AvgIpc) is 2.99. The van der Waals surface area contributed by atoms with Gasteiger partial charge in [0.05, 0.1) is 5.56 Å². The number of nitrogens with one attached hydrogen (secondary N) is 1. The van der Waals surface area contributed by atoms with Crippen LogP contribution in [0.15, 0.2) is 30.3 Å². The zero-order chi connectivity index (χ0) is 21.0. The number of hydrogen-bond acceptors (Lipinski definition) is 5. The number of nitrogens with zero attached hydrogens (tertiary/aromatic N) is 1. The fourth-order valence-electron chi connectivity index (χ4n) is 3.46. The summed E-state index contributed by atoms with van der Waals surface area (Å²) in [5.74, 6) is -1.06. The highest BCUT2D eigenvalue weighted by atomic mass is 32.1. The lowest BCUT2D eigenvalue weighted by atomic mass is 10.1. The Morgan fingerprint density at radius 1 is 1.07 bits per heavy atom. The van der Waals surface area contributed by atoms with Crippen LogP contribution < -0.4 is 5.32 Å². The number of amides is 2. The second-order valence-corrected chi connectivity index (χ2v) is 8.48. The van der Waals surface area contributed by atoms with Gasteiger partial charge in [-0.1, -0.05) is 30.3 Å². The maximum absolute atomic E-state index is 13.2. The molecule has 7 heteroatoms. The standard InChI is InChI=1S/C22H26N2O4S/c1-14-15(2)29-20(23-16(3)25)18(14)22(27)28-19(17-10-6-4-7-11-17)21(26)24-12-8-5-9-13-24/h4,6-7,10-11,19H,5,8-9,12-13H2,1-3H3,(H,23,25)/t19-/m0/s1. The van der Waals surface area contributed by atoms with Crippen LogP contribution in [0.5, 0.6) is 0 Å². The molecule has 0 radical (unpaired) electrons. The highest BCUT2D eigenvalue weighted by Gasteiger charge is 2.32. The molecule has 2 heterocycles. The molecule has 0 aliphatic carbocycles. The molecule has 1 aliphatic heterocycles. The van der Waals surface area contributed by atoms with Gasteiger partial charge in [-0.15, -0.1) is 11.3 Å². The van der Waals surface area contributed by atoms with Crippen LogP contribution in [0.2, 0.25) is 0 Å². The lowest BCUT2D eigenvalue weighted by Crippen LogP contribution is -2.40. The Morgan fingerprint density at radius 3 is 2.34 bits per heavy atom. The van der Waals surface area contributed by atoms with Gasteiger partial charge in [-0.25, -0.2) is 4.79 Å². The number of esters is 1. The van der Waals surface area contributed by atoms with Gasteiger partial charge in [0.1, 0.15) is 5.00 Å². The number of piperidine rings is 1. The number of anilines is 1. The molecule has 6 nitrogen and oxygen atoms in total. The summed E-state index contributed by atoms with van der Waals surface area (Å²) in [6, 6.07) is 9.08. The van der Waals surface area contributed by atoms with E-state index < -0.39 is 12.1 Å². The van der Waals surface area contributed by atoms with Crippen molar-refractivity contribution in [1.29, 1.82) is 0 Å². The second kappa shape index (κ2) is 9.22. The molecule has 2 amide bonds. The quantitative estimate of drug-likeness (QED) is 0.743. The van der Waals surface area contributed by atoms with Crippen LogP contribution in [0.4, 0.5) is 5.00 Å². The topological polar surface area (TPSA) is 75.7 Å². The zero-order valence-electron chi connectivity index (χ0n) is 17.0. The Kier molecular flexibility index (Phi) is 6.69. The zero-order valence-corrected chi connectivity index (χ0v) is 17.8. The third kappa shape index (κ3) is 4.85. The average molecular weight is 415 g/mol. The number of carbonyl (C=O) groups is 3. The molecular weight excluding hydrogens is 388 g/mol. The molecule has 1 atom stereocenters. The van der Waals surface area contributed by atoms with Gasteiger partial charge >= 0.3 is 5.97 Å². The summed E-state index contributed by atoms with van der Waals surface area (Å²) in [4.78, 5) is 40.6. The number of aryl methyl sites for hydroxylation is 1. The number of carbonyl (C=O) groups excluding carboxylic acids is 3. The number of ether oxygens (including phenoxy) is 1. The van der Waals surface area contributed by atoms with Crippen LogP contribution >= 0.6 is 11.3 Å². The van der Waals surface area contributed by atoms with Crippen LogP contribution in [-0.2, 0) is 14.3 Å². The highest BCUT2D eigenvalue weighted by molar-refractivity contribution is 7.16. The molecule has 1 aromatic heterocycles. The van der Waals surface area contributed by atoms with Crippen LogP contribution in [0.3, 0.4) is 0 Å². The van der Waals surface area contributed by atoms with E-state index >= 15 is 0 Å². The van der Waals surface area contributed by atoms with Crippen molar-refractivity contribution < 1.29 is 19.1 Å². The number of rotatable bonds is 5. The molecule has 29 heavy (non-hydrogen) atoms. The van der Waals surface area contributed by atoms with Crippen molar-refractivity contribution in [3.05, 3.63) is 51.9 Å². The predicted octanol–water partition coefficient (Wildman–Crippen LogP) is 4.23. The Morgan fingerprint density at radius 2 is 1.72 bits per heavy atom. The first kappa shape index (κ1) is 21.0. The maximum Gasteiger partial charge on any atom is 0.342 e. The minimum atomic E-state index is -1.01. The summed E-state index contributed by atoms with van der Waals surface area (Å²) in [6.07, 6.45) is 2.01. The number of hydrogen-bond donors (Lipinski definition) is 1. The van der Waals surface area contributed by atoms with E-state index in [2.05, 4.69) is 5.32 Å². The molecule has 1 fully saturated rings. The van der Waals surface area contributed by atoms with E-state index in [0.29, 0.717) is 29.2 Å². The summed E-state index contributed by atoms with van der Waals surface area (Å²) in [6.45, 7) is 6.44. The summed E-state index contributed by atoms with van der Waals surface area (Å²) in [7, 11) is 0. The minimum Gasteiger partial charge on any atom is -0.444 e. The Labute approximate surface area is 174 Å². The van der Waals surface area contributed by atoms with Gasteiger partial charge in [0.2, 0.25) is 12.0 Å². The third-order valence-electron chi connectivity index (χ3n) is 5.10. The normalized spacial score (nSPS) is 14.9. The van der Waals surface area contributed by atoms with Crippen molar-refractivity contribution in [2.75, 3.05) is 18.4 Å². The van der Waals surface area contributed by atoms with Crippen LogP contribution in [0, 0.1) is 13.8 Å². The van der Waals surface area contributed by atoms with Crippen LogP contribution in [0.25, 0.3) is 0 Å². The Balaban J connectivity index is 1.91. The molecule has 0 bridgehead atoms. The molecule has 1 aromatic carbocycles. The Hall–Kier alpha value is -2.67. The van der Waals surface area contributed by atoms with E-state index in [1.54, 1.807) is 17.0 Å². The van der Waals surface area contributed by atoms with E-state index in [9.17, 15) is 14.4 Å². The molecular formula is C22H26N2O4S. The fourth-order valence-corrected chi connectivity index (χ4v) is 4.55. The first-order chi connectivity index (χ1) is 13.9. The number of likely N-dealkylation sites (tertiary alicyclic amines) is 1. The molecule has 0 saturated carbocycles. The van der Waals surface area contributed by atoms with E-state index in [0.717, 1.165) is 29.7 Å². The molecule has 0 unspecified atom stereocenters. The lowest BCUT2D eigenvalue weighted by Gasteiger charge is -2.30. The summed E-state index contributed by atoms with van der Waals surface area (Å²) >= 11 is 1.33. The van der Waals surface area contributed by atoms with Crippen LogP contribution in [0.1, 0.15) is 58.7 Å². The van der Waals surface area contributed by atoms with Crippen molar-refractivity contribution >= 4 is 34.1 Å². The van der Waals surface area contributed by atoms with E-state index in [1.165, 1.54) is 18.3 Å². The molecule has 3 rings (SSSR count). The maximum atomic E-state index is 13.2. The minimum absolute atomic E-state index is 0.199. The smallest absolute Gasteiger partial charge is 0.342 e.